The third-order valence-electron chi connectivity index (χ3n) is 2.07. The summed E-state index contributed by atoms with van der Waals surface area (Å²) in [6.07, 6.45) is -5.25. The van der Waals surface area contributed by atoms with E-state index in [1.807, 2.05) is 0 Å². The molecule has 0 N–H and O–H groups in total. The van der Waals surface area contributed by atoms with Gasteiger partial charge in [0.2, 0.25) is 0 Å². The van der Waals surface area contributed by atoms with Crippen molar-refractivity contribution < 1.29 is 27.1 Å². The molecule has 0 atom stereocenters. The third-order valence-corrected chi connectivity index (χ3v) is 2.35. The van der Waals surface area contributed by atoms with Gasteiger partial charge in [-0.25, -0.2) is 4.39 Å². The Labute approximate surface area is 105 Å². The SMILES string of the molecule is CCOC(=O)Cc1cc(C(F)(F)F)cc(Cl)c1F. The molecule has 18 heavy (non-hydrogen) atoms. The van der Waals surface area contributed by atoms with Gasteiger partial charge < -0.3 is 4.74 Å². The van der Waals surface area contributed by atoms with Gasteiger partial charge in [-0.3, -0.25) is 4.79 Å². The minimum absolute atomic E-state index is 0.0626. The van der Waals surface area contributed by atoms with Crippen LogP contribution in [0.2, 0.25) is 5.02 Å². The minimum atomic E-state index is -4.65. The molecule has 0 heterocycles. The van der Waals surface area contributed by atoms with Gasteiger partial charge in [-0.05, 0) is 19.1 Å². The Morgan fingerprint density at radius 2 is 2.00 bits per heavy atom. The van der Waals surface area contributed by atoms with E-state index < -0.39 is 40.5 Å². The zero-order valence-corrected chi connectivity index (χ0v) is 10.0. The van der Waals surface area contributed by atoms with E-state index in [1.54, 1.807) is 0 Å². The number of hydrogen-bond acceptors (Lipinski definition) is 2. The fraction of sp³-hybridized carbons (Fsp3) is 0.364. The van der Waals surface area contributed by atoms with Crippen molar-refractivity contribution in [3.8, 4) is 0 Å². The van der Waals surface area contributed by atoms with Gasteiger partial charge in [-0.2, -0.15) is 13.2 Å². The maximum atomic E-state index is 13.5. The van der Waals surface area contributed by atoms with E-state index in [1.165, 1.54) is 6.92 Å². The number of carbonyl (C=O) groups is 1. The smallest absolute Gasteiger partial charge is 0.416 e. The molecule has 0 bridgehead atoms. The highest BCUT2D eigenvalue weighted by atomic mass is 35.5. The van der Waals surface area contributed by atoms with E-state index >= 15 is 0 Å². The lowest BCUT2D eigenvalue weighted by Gasteiger charge is -2.11. The Morgan fingerprint density at radius 3 is 2.50 bits per heavy atom. The minimum Gasteiger partial charge on any atom is -0.466 e. The Morgan fingerprint density at radius 1 is 1.39 bits per heavy atom. The number of carbonyl (C=O) groups excluding carboxylic acids is 1. The van der Waals surface area contributed by atoms with Gasteiger partial charge in [-0.1, -0.05) is 11.6 Å². The van der Waals surface area contributed by atoms with E-state index in [0.29, 0.717) is 12.1 Å². The molecule has 1 rings (SSSR count). The highest BCUT2D eigenvalue weighted by Gasteiger charge is 2.32. The zero-order chi connectivity index (χ0) is 13.9. The quantitative estimate of drug-likeness (QED) is 0.626. The summed E-state index contributed by atoms with van der Waals surface area (Å²) in [4.78, 5) is 11.1. The number of ether oxygens (including phenoxy) is 1. The lowest BCUT2D eigenvalue weighted by Crippen LogP contribution is -2.12. The average molecular weight is 285 g/mol. The first-order chi connectivity index (χ1) is 8.25. The summed E-state index contributed by atoms with van der Waals surface area (Å²) in [5.74, 6) is -1.86. The number of hydrogen-bond donors (Lipinski definition) is 0. The monoisotopic (exact) mass is 284 g/mol. The molecule has 0 amide bonds. The number of benzene rings is 1. The van der Waals surface area contributed by atoms with Crippen molar-refractivity contribution in [3.63, 3.8) is 0 Å². The number of rotatable bonds is 3. The summed E-state index contributed by atoms with van der Waals surface area (Å²) in [6.45, 7) is 1.60. The molecule has 0 unspecified atom stereocenters. The molecule has 0 spiro atoms. The Bertz CT molecular complexity index is 457. The summed E-state index contributed by atoms with van der Waals surface area (Å²) >= 11 is 5.36. The molecule has 1 aromatic rings. The topological polar surface area (TPSA) is 26.3 Å². The van der Waals surface area contributed by atoms with Gasteiger partial charge in [0.15, 0.2) is 0 Å². The molecular weight excluding hydrogens is 276 g/mol. The fourth-order valence-corrected chi connectivity index (χ4v) is 1.54. The number of alkyl halides is 3. The largest absolute Gasteiger partial charge is 0.466 e. The van der Waals surface area contributed by atoms with Crippen LogP contribution in [0.5, 0.6) is 0 Å². The van der Waals surface area contributed by atoms with Crippen molar-refractivity contribution in [2.45, 2.75) is 19.5 Å². The predicted molar refractivity (Wildman–Crippen MR) is 56.7 cm³/mol. The van der Waals surface area contributed by atoms with Crippen molar-refractivity contribution >= 4 is 17.6 Å². The second-order valence-corrected chi connectivity index (χ2v) is 3.82. The van der Waals surface area contributed by atoms with Crippen molar-refractivity contribution in [1.29, 1.82) is 0 Å². The van der Waals surface area contributed by atoms with Gasteiger partial charge in [0, 0.05) is 5.56 Å². The fourth-order valence-electron chi connectivity index (χ4n) is 1.31. The zero-order valence-electron chi connectivity index (χ0n) is 9.28. The van der Waals surface area contributed by atoms with Gasteiger partial charge in [-0.15, -0.1) is 0 Å². The molecular formula is C11H9ClF4O2. The maximum absolute atomic E-state index is 13.5. The molecule has 7 heteroatoms. The van der Waals surface area contributed by atoms with E-state index in [9.17, 15) is 22.4 Å². The van der Waals surface area contributed by atoms with Crippen LogP contribution < -0.4 is 0 Å². The molecule has 0 radical (unpaired) electrons. The number of esters is 1. The summed E-state index contributed by atoms with van der Waals surface area (Å²) in [7, 11) is 0. The van der Waals surface area contributed by atoms with Crippen LogP contribution in [0, 0.1) is 5.82 Å². The Balaban J connectivity index is 3.11. The lowest BCUT2D eigenvalue weighted by molar-refractivity contribution is -0.142. The molecule has 0 aliphatic carbocycles. The molecule has 0 saturated carbocycles. The molecule has 0 aliphatic rings. The van der Waals surface area contributed by atoms with Gasteiger partial charge in [0.25, 0.3) is 0 Å². The van der Waals surface area contributed by atoms with Crippen LogP contribution in [0.3, 0.4) is 0 Å². The van der Waals surface area contributed by atoms with Crippen LogP contribution in [-0.2, 0) is 22.1 Å². The van der Waals surface area contributed by atoms with Crippen LogP contribution in [0.4, 0.5) is 17.6 Å². The van der Waals surface area contributed by atoms with Crippen molar-refractivity contribution in [3.05, 3.63) is 34.1 Å². The van der Waals surface area contributed by atoms with Crippen LogP contribution in [0.15, 0.2) is 12.1 Å². The highest BCUT2D eigenvalue weighted by molar-refractivity contribution is 6.30. The summed E-state index contributed by atoms with van der Waals surface area (Å²) < 4.78 is 55.4. The molecule has 0 aliphatic heterocycles. The van der Waals surface area contributed by atoms with Crippen molar-refractivity contribution in [1.82, 2.24) is 0 Å². The third kappa shape index (κ3) is 3.60. The predicted octanol–water partition coefficient (Wildman–Crippen LogP) is 3.60. The van der Waals surface area contributed by atoms with Crippen LogP contribution in [-0.4, -0.2) is 12.6 Å². The molecule has 0 saturated heterocycles. The molecule has 1 aromatic carbocycles. The molecule has 0 aromatic heterocycles. The first-order valence-corrected chi connectivity index (χ1v) is 5.34. The highest BCUT2D eigenvalue weighted by Crippen LogP contribution is 2.33. The van der Waals surface area contributed by atoms with Gasteiger partial charge in [0.05, 0.1) is 23.6 Å². The summed E-state index contributed by atoms with van der Waals surface area (Å²) in [6, 6.07) is 1.03. The second-order valence-electron chi connectivity index (χ2n) is 3.41. The van der Waals surface area contributed by atoms with Crippen LogP contribution in [0.25, 0.3) is 0 Å². The first kappa shape index (κ1) is 14.8. The van der Waals surface area contributed by atoms with E-state index in [-0.39, 0.29) is 6.61 Å². The molecule has 100 valence electrons. The normalized spacial score (nSPS) is 11.4. The van der Waals surface area contributed by atoms with E-state index in [0.717, 1.165) is 0 Å². The van der Waals surface area contributed by atoms with E-state index in [2.05, 4.69) is 4.74 Å². The summed E-state index contributed by atoms with van der Waals surface area (Å²) in [5, 5.41) is -0.677. The molecule has 2 nitrogen and oxygen atoms in total. The van der Waals surface area contributed by atoms with Crippen LogP contribution >= 0.6 is 11.6 Å². The first-order valence-electron chi connectivity index (χ1n) is 4.96. The summed E-state index contributed by atoms with van der Waals surface area (Å²) in [5.41, 5.74) is -1.54. The maximum Gasteiger partial charge on any atom is 0.416 e. The Kier molecular flexibility index (Phi) is 4.56. The Hall–Kier alpha value is -1.30. The molecule has 0 fully saturated rings. The van der Waals surface area contributed by atoms with Gasteiger partial charge in [0.1, 0.15) is 5.82 Å². The lowest BCUT2D eigenvalue weighted by atomic mass is 10.1. The second kappa shape index (κ2) is 5.56. The van der Waals surface area contributed by atoms with Crippen molar-refractivity contribution in [2.75, 3.05) is 6.61 Å². The van der Waals surface area contributed by atoms with Gasteiger partial charge >= 0.3 is 12.1 Å². The average Bonchev–Trinajstić information content (AvgIpc) is 2.23. The van der Waals surface area contributed by atoms with E-state index in [4.69, 9.17) is 11.6 Å². The number of halogens is 5. The standard InChI is InChI=1S/C11H9ClF4O2/c1-2-18-9(17)4-6-3-7(11(14,15)16)5-8(12)10(6)13/h3,5H,2,4H2,1H3. The van der Waals surface area contributed by atoms with Crippen molar-refractivity contribution in [2.24, 2.45) is 0 Å². The van der Waals surface area contributed by atoms with Crippen LogP contribution in [0.1, 0.15) is 18.1 Å².